The number of methoxy groups -OCH3 is 1. The Morgan fingerprint density at radius 3 is 2.45 bits per heavy atom. The highest BCUT2D eigenvalue weighted by atomic mass is 35.5. The van der Waals surface area contributed by atoms with Gasteiger partial charge in [-0.15, -0.1) is 0 Å². The van der Waals surface area contributed by atoms with Gasteiger partial charge in [-0.3, -0.25) is 10.1 Å². The lowest BCUT2D eigenvalue weighted by atomic mass is 10.1. The average Bonchev–Trinajstić information content (AvgIpc) is 2.74. The summed E-state index contributed by atoms with van der Waals surface area (Å²) >= 11 is 6.04. The van der Waals surface area contributed by atoms with Crippen molar-refractivity contribution in [3.05, 3.63) is 69.5 Å². The fourth-order valence-electron chi connectivity index (χ4n) is 2.75. The highest BCUT2D eigenvalue weighted by Crippen LogP contribution is 2.36. The second-order valence-corrected chi connectivity index (χ2v) is 6.47. The van der Waals surface area contributed by atoms with E-state index in [0.717, 1.165) is 6.33 Å². The summed E-state index contributed by atoms with van der Waals surface area (Å²) < 4.78 is 10.3. The van der Waals surface area contributed by atoms with E-state index in [1.165, 1.54) is 7.11 Å². The Hall–Kier alpha value is -3.92. The number of carbonyl (C=O) groups excluding carboxylic acids is 1. The normalized spacial score (nSPS) is 10.3. The van der Waals surface area contributed by atoms with Crippen LogP contribution in [0.4, 0.5) is 28.7 Å². The molecule has 0 spiro atoms. The molecule has 160 valence electrons. The van der Waals surface area contributed by atoms with E-state index in [2.05, 4.69) is 20.6 Å². The zero-order valence-corrected chi connectivity index (χ0v) is 17.3. The number of hydrogen-bond donors (Lipinski definition) is 2. The van der Waals surface area contributed by atoms with E-state index in [1.54, 1.807) is 49.4 Å². The Bertz CT molecular complexity index is 1120. The zero-order chi connectivity index (χ0) is 22.4. The van der Waals surface area contributed by atoms with E-state index in [0.29, 0.717) is 22.1 Å². The van der Waals surface area contributed by atoms with E-state index < -0.39 is 16.6 Å². The fraction of sp³-hybridized carbons (Fsp3) is 0.150. The summed E-state index contributed by atoms with van der Waals surface area (Å²) in [5.74, 6) is -0.347. The number of nitro groups is 1. The van der Waals surface area contributed by atoms with Crippen LogP contribution >= 0.6 is 11.6 Å². The Balaban J connectivity index is 2.02. The Morgan fingerprint density at radius 1 is 1.13 bits per heavy atom. The van der Waals surface area contributed by atoms with Gasteiger partial charge in [-0.25, -0.2) is 14.8 Å². The van der Waals surface area contributed by atoms with Crippen molar-refractivity contribution >= 4 is 46.3 Å². The molecule has 2 aromatic carbocycles. The molecule has 0 aliphatic heterocycles. The van der Waals surface area contributed by atoms with Crippen LogP contribution in [0.1, 0.15) is 17.3 Å². The molecule has 0 saturated carbocycles. The molecule has 0 aliphatic carbocycles. The first-order chi connectivity index (χ1) is 14.9. The van der Waals surface area contributed by atoms with Crippen molar-refractivity contribution in [3.8, 4) is 5.75 Å². The summed E-state index contributed by atoms with van der Waals surface area (Å²) in [4.78, 5) is 31.4. The quantitative estimate of drug-likeness (QED) is 0.289. The zero-order valence-electron chi connectivity index (χ0n) is 16.6. The molecular formula is C20H18ClN5O5. The average molecular weight is 444 g/mol. The number of aromatic nitrogens is 2. The van der Waals surface area contributed by atoms with Crippen LogP contribution in [-0.2, 0) is 4.74 Å². The van der Waals surface area contributed by atoms with Crippen molar-refractivity contribution in [2.45, 2.75) is 6.92 Å². The first-order valence-corrected chi connectivity index (χ1v) is 9.45. The SMILES string of the molecule is CCOC(=O)c1ccccc1Nc1ncnc(Nc2cc(Cl)ccc2OC)c1[N+](=O)[O-]. The van der Waals surface area contributed by atoms with E-state index >= 15 is 0 Å². The smallest absolute Gasteiger partial charge is 0.353 e. The van der Waals surface area contributed by atoms with Gasteiger partial charge in [0, 0.05) is 5.02 Å². The molecule has 0 atom stereocenters. The number of carbonyl (C=O) groups is 1. The van der Waals surface area contributed by atoms with Gasteiger partial charge in [0.15, 0.2) is 0 Å². The van der Waals surface area contributed by atoms with Crippen LogP contribution in [0.3, 0.4) is 0 Å². The Morgan fingerprint density at radius 2 is 1.81 bits per heavy atom. The number of anilines is 4. The molecule has 31 heavy (non-hydrogen) atoms. The largest absolute Gasteiger partial charge is 0.495 e. The number of ether oxygens (including phenoxy) is 2. The molecule has 10 nitrogen and oxygen atoms in total. The van der Waals surface area contributed by atoms with Crippen LogP contribution in [0.15, 0.2) is 48.8 Å². The van der Waals surface area contributed by atoms with Crippen molar-refractivity contribution in [3.63, 3.8) is 0 Å². The molecule has 0 fully saturated rings. The molecule has 0 saturated heterocycles. The number of benzene rings is 2. The number of esters is 1. The summed E-state index contributed by atoms with van der Waals surface area (Å²) in [5.41, 5.74) is 0.468. The standard InChI is InChI=1S/C20H18ClN5O5/c1-3-31-20(27)13-6-4-5-7-14(13)24-18-17(26(28)29)19(23-11-22-18)25-15-10-12(21)8-9-16(15)30-2/h4-11H,3H2,1-2H3,(H2,22,23,24,25). The third-order valence-electron chi connectivity index (χ3n) is 4.09. The van der Waals surface area contributed by atoms with Crippen LogP contribution in [0, 0.1) is 10.1 Å². The monoisotopic (exact) mass is 443 g/mol. The molecule has 11 heteroatoms. The van der Waals surface area contributed by atoms with Crippen molar-refractivity contribution in [2.24, 2.45) is 0 Å². The second kappa shape index (κ2) is 9.72. The number of para-hydroxylation sites is 1. The summed E-state index contributed by atoms with van der Waals surface area (Å²) in [6.07, 6.45) is 1.15. The van der Waals surface area contributed by atoms with Gasteiger partial charge in [0.2, 0.25) is 11.6 Å². The molecule has 1 heterocycles. The molecule has 0 aliphatic rings. The van der Waals surface area contributed by atoms with Gasteiger partial charge in [0.25, 0.3) is 0 Å². The molecule has 0 unspecified atom stereocenters. The molecule has 1 aromatic heterocycles. The van der Waals surface area contributed by atoms with Crippen LogP contribution in [0.2, 0.25) is 5.02 Å². The maximum Gasteiger partial charge on any atom is 0.353 e. The van der Waals surface area contributed by atoms with E-state index in [-0.39, 0.29) is 23.8 Å². The molecular weight excluding hydrogens is 426 g/mol. The molecule has 3 aromatic rings. The van der Waals surface area contributed by atoms with Gasteiger partial charge in [-0.05, 0) is 37.3 Å². The number of rotatable bonds is 8. The Labute approximate surface area is 182 Å². The van der Waals surface area contributed by atoms with E-state index in [4.69, 9.17) is 21.1 Å². The van der Waals surface area contributed by atoms with Crippen LogP contribution in [-0.4, -0.2) is 34.6 Å². The highest BCUT2D eigenvalue weighted by molar-refractivity contribution is 6.31. The summed E-state index contributed by atoms with van der Waals surface area (Å²) in [6.45, 7) is 1.88. The van der Waals surface area contributed by atoms with Crippen LogP contribution in [0.25, 0.3) is 0 Å². The molecule has 0 bridgehead atoms. The number of halogens is 1. The number of nitrogens with one attached hydrogen (secondary N) is 2. The second-order valence-electron chi connectivity index (χ2n) is 6.04. The lowest BCUT2D eigenvalue weighted by Crippen LogP contribution is -2.10. The molecule has 0 amide bonds. The third-order valence-corrected chi connectivity index (χ3v) is 4.33. The van der Waals surface area contributed by atoms with Gasteiger partial charge in [0.05, 0.1) is 35.6 Å². The number of hydrogen-bond acceptors (Lipinski definition) is 9. The van der Waals surface area contributed by atoms with E-state index in [1.807, 2.05) is 0 Å². The van der Waals surface area contributed by atoms with Gasteiger partial charge in [0.1, 0.15) is 12.1 Å². The summed E-state index contributed by atoms with van der Waals surface area (Å²) in [7, 11) is 1.46. The van der Waals surface area contributed by atoms with Crippen molar-refractivity contribution < 1.29 is 19.2 Å². The fourth-order valence-corrected chi connectivity index (χ4v) is 2.92. The van der Waals surface area contributed by atoms with Gasteiger partial charge < -0.3 is 20.1 Å². The third kappa shape index (κ3) is 4.98. The van der Waals surface area contributed by atoms with Gasteiger partial charge >= 0.3 is 11.7 Å². The summed E-state index contributed by atoms with van der Waals surface area (Å²) in [5, 5.41) is 18.0. The van der Waals surface area contributed by atoms with Crippen molar-refractivity contribution in [1.82, 2.24) is 9.97 Å². The van der Waals surface area contributed by atoms with E-state index in [9.17, 15) is 14.9 Å². The lowest BCUT2D eigenvalue weighted by molar-refractivity contribution is -0.383. The molecule has 3 rings (SSSR count). The predicted octanol–water partition coefficient (Wildman–Crippen LogP) is 4.71. The predicted molar refractivity (Wildman–Crippen MR) is 116 cm³/mol. The minimum absolute atomic E-state index is 0.0864. The first-order valence-electron chi connectivity index (χ1n) is 9.07. The van der Waals surface area contributed by atoms with Crippen LogP contribution < -0.4 is 15.4 Å². The van der Waals surface area contributed by atoms with Crippen LogP contribution in [0.5, 0.6) is 5.75 Å². The topological polar surface area (TPSA) is 129 Å². The molecule has 0 radical (unpaired) electrons. The lowest BCUT2D eigenvalue weighted by Gasteiger charge is -2.14. The minimum Gasteiger partial charge on any atom is -0.495 e. The minimum atomic E-state index is -0.630. The summed E-state index contributed by atoms with van der Waals surface area (Å²) in [6, 6.07) is 11.3. The maximum absolute atomic E-state index is 12.2. The maximum atomic E-state index is 12.2. The Kier molecular flexibility index (Phi) is 6.83. The first kappa shape index (κ1) is 21.8. The van der Waals surface area contributed by atoms with Crippen molar-refractivity contribution in [2.75, 3.05) is 24.4 Å². The number of nitrogens with zero attached hydrogens (tertiary/aromatic N) is 3. The van der Waals surface area contributed by atoms with Gasteiger partial charge in [-0.1, -0.05) is 23.7 Å². The molecule has 2 N–H and O–H groups in total. The van der Waals surface area contributed by atoms with Gasteiger partial charge in [-0.2, -0.15) is 0 Å². The van der Waals surface area contributed by atoms with Crippen molar-refractivity contribution in [1.29, 1.82) is 0 Å². The highest BCUT2D eigenvalue weighted by Gasteiger charge is 2.25.